The Kier molecular flexibility index (Phi) is 17.2. The maximum atomic E-state index is 14.8. The van der Waals surface area contributed by atoms with Gasteiger partial charge in [0, 0.05) is 65.0 Å². The number of nitrogens with one attached hydrogen (secondary N) is 2. The number of hydrogen-bond acceptors (Lipinski definition) is 31. The summed E-state index contributed by atoms with van der Waals surface area (Å²) in [5.74, 6) is -0.223. The summed E-state index contributed by atoms with van der Waals surface area (Å²) in [4.78, 5) is 79.2. The van der Waals surface area contributed by atoms with Crippen molar-refractivity contribution in [3.8, 4) is 0 Å². The van der Waals surface area contributed by atoms with Crippen molar-refractivity contribution in [1.82, 2.24) is 58.1 Å². The van der Waals surface area contributed by atoms with Gasteiger partial charge in [-0.1, -0.05) is 0 Å². The van der Waals surface area contributed by atoms with Crippen molar-refractivity contribution < 1.29 is 83.6 Å². The molecule has 446 valence electrons. The summed E-state index contributed by atoms with van der Waals surface area (Å²) in [6, 6.07) is 1.37. The van der Waals surface area contributed by atoms with Crippen molar-refractivity contribution in [2.75, 3.05) is 65.0 Å². The lowest BCUT2D eigenvalue weighted by Gasteiger charge is -2.27. The van der Waals surface area contributed by atoms with Crippen molar-refractivity contribution in [3.05, 3.63) is 84.7 Å². The highest BCUT2D eigenvalue weighted by Crippen LogP contribution is 2.57. The van der Waals surface area contributed by atoms with Crippen LogP contribution in [0, 0.1) is 6.92 Å². The molecule has 37 nitrogen and oxygen atoms in total. The fourth-order valence-electron chi connectivity index (χ4n) is 9.50. The molecule has 6 aromatic rings. The molecule has 0 aromatic carbocycles. The van der Waals surface area contributed by atoms with Crippen LogP contribution in [-0.4, -0.2) is 165 Å². The molecule has 7 unspecified atom stereocenters. The summed E-state index contributed by atoms with van der Waals surface area (Å²) in [5.41, 5.74) is 15.2. The molecular formula is C42H56N15O22P3. The Labute approximate surface area is 460 Å². The predicted octanol–water partition coefficient (Wildman–Crippen LogP) is -0.206. The average molecular weight is 1220 g/mol. The van der Waals surface area contributed by atoms with E-state index >= 15 is 0 Å². The summed E-state index contributed by atoms with van der Waals surface area (Å²) in [5, 5.41) is 21.1. The van der Waals surface area contributed by atoms with Gasteiger partial charge in [0.2, 0.25) is 5.95 Å². The average Bonchev–Trinajstić information content (AvgIpc) is 4.35. The number of fused-ring (bicyclic) bond motifs is 2. The van der Waals surface area contributed by atoms with E-state index in [0.717, 1.165) is 30.5 Å². The fourth-order valence-corrected chi connectivity index (χ4v) is 12.9. The highest BCUT2D eigenvalue weighted by molar-refractivity contribution is 7.49. The van der Waals surface area contributed by atoms with Crippen molar-refractivity contribution in [1.29, 1.82) is 0 Å². The molecule has 10 heterocycles. The second kappa shape index (κ2) is 23.9. The molecule has 4 fully saturated rings. The molecule has 0 amide bonds. The van der Waals surface area contributed by atoms with Crippen LogP contribution < -0.4 is 39.7 Å². The molecule has 82 heavy (non-hydrogen) atoms. The molecule has 0 radical (unpaired) electrons. The van der Waals surface area contributed by atoms with Gasteiger partial charge in [0.15, 0.2) is 22.6 Å². The lowest BCUT2D eigenvalue weighted by atomic mass is 10.2. The lowest BCUT2D eigenvalue weighted by Crippen LogP contribution is -2.33. The van der Waals surface area contributed by atoms with E-state index in [1.807, 2.05) is 0 Å². The Morgan fingerprint density at radius 2 is 1.15 bits per heavy atom. The van der Waals surface area contributed by atoms with Gasteiger partial charge in [0.05, 0.1) is 45.2 Å². The van der Waals surface area contributed by atoms with Crippen LogP contribution in [-0.2, 0) is 73.4 Å². The van der Waals surface area contributed by atoms with E-state index in [1.54, 1.807) is 0 Å². The zero-order valence-electron chi connectivity index (χ0n) is 43.7. The summed E-state index contributed by atoms with van der Waals surface area (Å²) < 4.78 is 124. The summed E-state index contributed by atoms with van der Waals surface area (Å²) in [6.07, 6.45) is -8.60. The molecule has 10 N–H and O–H groups in total. The third-order valence-corrected chi connectivity index (χ3v) is 18.0. The third-order valence-electron chi connectivity index (χ3n) is 13.7. The van der Waals surface area contributed by atoms with Crippen molar-refractivity contribution in [3.63, 3.8) is 0 Å². The molecule has 4 aliphatic heterocycles. The Morgan fingerprint density at radius 3 is 1.72 bits per heavy atom. The van der Waals surface area contributed by atoms with Crippen LogP contribution in [0.15, 0.2) is 56.6 Å². The number of aromatic amines is 2. The highest BCUT2D eigenvalue weighted by atomic mass is 31.2. The second-order valence-corrected chi connectivity index (χ2v) is 24.0. The monoisotopic (exact) mass is 1220 g/mol. The maximum absolute atomic E-state index is 14.8. The van der Waals surface area contributed by atoms with Crippen molar-refractivity contribution in [2.45, 2.75) is 106 Å². The van der Waals surface area contributed by atoms with Gasteiger partial charge in [-0.2, -0.15) is 9.97 Å². The number of anilines is 3. The van der Waals surface area contributed by atoms with E-state index < -0.39 is 146 Å². The normalized spacial score (nSPS) is 28.9. The van der Waals surface area contributed by atoms with Crippen LogP contribution in [0.25, 0.3) is 22.3 Å². The number of phosphoric ester groups is 3. The first-order valence-corrected chi connectivity index (χ1v) is 29.2. The number of aliphatic hydroxyl groups excluding tert-OH is 2. The topological polar surface area (TPSA) is 487 Å². The van der Waals surface area contributed by atoms with E-state index in [0.29, 0.717) is 0 Å². The van der Waals surface area contributed by atoms with E-state index in [9.17, 15) is 43.1 Å². The van der Waals surface area contributed by atoms with Crippen LogP contribution >= 0.6 is 23.5 Å². The van der Waals surface area contributed by atoms with Gasteiger partial charge in [0.1, 0.15) is 85.3 Å². The Morgan fingerprint density at radius 1 is 0.634 bits per heavy atom. The van der Waals surface area contributed by atoms with Crippen LogP contribution in [0.4, 0.5) is 17.6 Å². The fraction of sp³-hybridized carbons (Fsp3) is 0.571. The Bertz CT molecular complexity index is 3710. The summed E-state index contributed by atoms with van der Waals surface area (Å²) in [7, 11) is -11.1. The number of nitrogens with zero attached hydrogens (tertiary/aromatic N) is 10. The lowest BCUT2D eigenvalue weighted by molar-refractivity contribution is -0.0646. The minimum atomic E-state index is -4.82. The molecular weight excluding hydrogens is 1160 g/mol. The molecule has 6 aromatic heterocycles. The van der Waals surface area contributed by atoms with Gasteiger partial charge >= 0.3 is 34.8 Å². The number of nitrogens with two attached hydrogens (primary N) is 3. The number of ether oxygens (including phenoxy) is 4. The Hall–Kier alpha value is -6.05. The first-order chi connectivity index (χ1) is 39.1. The minimum Gasteiger partial charge on any atom is -0.394 e. The number of imidazole rings is 2. The number of hydrogen-bond donors (Lipinski definition) is 7. The van der Waals surface area contributed by atoms with E-state index in [1.165, 1.54) is 53.5 Å². The number of phosphoric acid groups is 3. The molecule has 10 rings (SSSR count). The standard InChI is InChI=1S/C42H56N15O22P3/c1-19-11-55(42(63)53-38(19)60)30-8-21(24(12-58)73-30)77-81(65,68-3)71-15-27-23(10-32(76-27)57-18-49-34-37(57)51-40(45)52-39(34)61)79-82(66,69-4)72-14-26-22(9-31(75-26)56-17-48-33-35(44)46-16-47-36(33)56)78-80(64,67-2)70-13-25-20(59)7-29(74-25)54-6-5-28(43)50-41(54)62/h5-6,11,16-18,20-27,29-32,58-59H,7-10,12-15H2,1-4H3,(H2,43,50,62)(H2,44,46,47)(H,53,60,63)(H3,45,51,52,61)/t20?,21?,22?,23?,24-,25-,26-,27-,29-,30-,31-,32-,80?,81?,82?/m1/s1. The Balaban J connectivity index is 0.872. The second-order valence-electron chi connectivity index (χ2n) is 18.8. The number of rotatable bonds is 23. The summed E-state index contributed by atoms with van der Waals surface area (Å²) >= 11 is 0. The smallest absolute Gasteiger partial charge is 0.394 e. The van der Waals surface area contributed by atoms with Crippen LogP contribution in [0.1, 0.15) is 56.2 Å². The van der Waals surface area contributed by atoms with E-state index in [-0.39, 0.29) is 71.2 Å². The van der Waals surface area contributed by atoms with Crippen molar-refractivity contribution >= 4 is 63.4 Å². The number of aromatic nitrogens is 12. The number of aryl methyl sites for hydroxylation is 1. The molecule has 4 aliphatic rings. The van der Waals surface area contributed by atoms with Gasteiger partial charge in [-0.05, 0) is 13.0 Å². The van der Waals surface area contributed by atoms with E-state index in [2.05, 4.69) is 39.9 Å². The zero-order valence-corrected chi connectivity index (χ0v) is 46.3. The molecule has 4 saturated heterocycles. The van der Waals surface area contributed by atoms with Gasteiger partial charge in [-0.25, -0.2) is 43.2 Å². The van der Waals surface area contributed by atoms with Gasteiger partial charge in [-0.15, -0.1) is 0 Å². The van der Waals surface area contributed by atoms with Gasteiger partial charge < -0.3 is 46.4 Å². The van der Waals surface area contributed by atoms with Gasteiger partial charge in [0.25, 0.3) is 11.1 Å². The summed E-state index contributed by atoms with van der Waals surface area (Å²) in [6.45, 7) is -1.17. The first kappa shape index (κ1) is 59.1. The number of H-pyrrole nitrogens is 2. The zero-order chi connectivity index (χ0) is 58.4. The number of aliphatic hydroxyl groups is 2. The number of nitrogen functional groups attached to an aromatic ring is 3. The molecule has 15 atom stereocenters. The van der Waals surface area contributed by atoms with Crippen LogP contribution in [0.2, 0.25) is 0 Å². The quantitative estimate of drug-likeness (QED) is 0.0408. The largest absolute Gasteiger partial charge is 0.474 e. The van der Waals surface area contributed by atoms with Crippen LogP contribution in [0.3, 0.4) is 0 Å². The maximum Gasteiger partial charge on any atom is 0.474 e. The third kappa shape index (κ3) is 12.3. The molecule has 0 bridgehead atoms. The predicted molar refractivity (Wildman–Crippen MR) is 275 cm³/mol. The van der Waals surface area contributed by atoms with Crippen LogP contribution in [0.5, 0.6) is 0 Å². The highest BCUT2D eigenvalue weighted by Gasteiger charge is 2.49. The van der Waals surface area contributed by atoms with E-state index in [4.69, 9.17) is 76.9 Å². The van der Waals surface area contributed by atoms with Crippen molar-refractivity contribution in [2.24, 2.45) is 0 Å². The van der Waals surface area contributed by atoms with Gasteiger partial charge in [-0.3, -0.25) is 78.5 Å². The molecule has 0 aliphatic carbocycles. The first-order valence-electron chi connectivity index (χ1n) is 24.8. The molecule has 0 saturated carbocycles. The molecule has 40 heteroatoms. The minimum absolute atomic E-state index is 0.0221. The SMILES string of the molecule is COP(=O)(OC[C@H]1O[C@@H](n2cnc3c(=O)[nH]c(N)nc32)CC1OP(=O)(OC)OC[C@H]1O[C@@H](n2cnc3c(N)ncnc32)CC1OP(=O)(OC)OC[C@H]1O[C@@H](n2ccc(N)nc2=O)CC1O)OC1C[C@H](n2cc(C)c(=O)[nH]c2=O)O[C@@H]1CO. The molecule has 0 spiro atoms.